The number of benzene rings is 2. The molecule has 0 amide bonds. The molecule has 0 bridgehead atoms. The summed E-state index contributed by atoms with van der Waals surface area (Å²) in [6.07, 6.45) is 1.18. The minimum atomic E-state index is -4.00. The minimum Gasteiger partial charge on any atom is -0.504 e. The first-order chi connectivity index (χ1) is 12.4. The zero-order valence-electron chi connectivity index (χ0n) is 14.6. The number of nitrogens with zero attached hydrogens (tertiary/aromatic N) is 1. The number of aromatic hydroxyl groups is 1. The van der Waals surface area contributed by atoms with Crippen molar-refractivity contribution in [2.45, 2.75) is 11.8 Å². The van der Waals surface area contributed by atoms with E-state index in [4.69, 9.17) is 14.2 Å². The molecule has 0 aliphatic rings. The molecule has 0 saturated heterocycles. The Balaban J connectivity index is 2.26. The van der Waals surface area contributed by atoms with Crippen LogP contribution in [0.15, 0.2) is 46.4 Å². The second kappa shape index (κ2) is 8.43. The van der Waals surface area contributed by atoms with Gasteiger partial charge in [-0.2, -0.15) is 18.4 Å². The number of para-hydroxylation sites is 1. The molecular weight excluding hydrogens is 360 g/mol. The predicted molar refractivity (Wildman–Crippen MR) is 96.7 cm³/mol. The van der Waals surface area contributed by atoms with Crippen LogP contribution in [0.3, 0.4) is 0 Å². The van der Waals surface area contributed by atoms with E-state index in [1.165, 1.54) is 32.6 Å². The first kappa shape index (κ1) is 19.4. The molecule has 0 heterocycles. The van der Waals surface area contributed by atoms with E-state index in [2.05, 4.69) is 9.93 Å². The molecule has 0 aliphatic carbocycles. The summed E-state index contributed by atoms with van der Waals surface area (Å²) in [5.41, 5.74) is 0.302. The third-order valence-corrected chi connectivity index (χ3v) is 4.61. The van der Waals surface area contributed by atoms with E-state index in [9.17, 15) is 13.5 Å². The highest BCUT2D eigenvalue weighted by Crippen LogP contribution is 2.29. The summed E-state index contributed by atoms with van der Waals surface area (Å²) in [4.78, 5) is 1.96. The van der Waals surface area contributed by atoms with Crippen molar-refractivity contribution in [3.8, 4) is 23.0 Å². The standard InChI is InChI=1S/C17H20N2O6S/c1-4-25-15-7-5-6-12(17(15)20)11-18-19-26(21,22)16-10-13(23-2)8-9-14(16)24-3/h5-11,19-20H,4H2,1-3H3/b18-11+. The van der Waals surface area contributed by atoms with Gasteiger partial charge < -0.3 is 19.3 Å². The molecule has 2 aromatic carbocycles. The predicted octanol–water partition coefficient (Wildman–Crippen LogP) is 2.12. The molecule has 2 rings (SSSR count). The number of nitrogens with one attached hydrogen (secondary N) is 1. The fourth-order valence-electron chi connectivity index (χ4n) is 2.12. The van der Waals surface area contributed by atoms with Crippen LogP contribution in [-0.4, -0.2) is 40.6 Å². The van der Waals surface area contributed by atoms with E-state index in [-0.39, 0.29) is 22.1 Å². The smallest absolute Gasteiger partial charge is 0.280 e. The summed E-state index contributed by atoms with van der Waals surface area (Å²) in [6.45, 7) is 2.17. The summed E-state index contributed by atoms with van der Waals surface area (Å²) in [6, 6.07) is 9.21. The first-order valence-corrected chi connectivity index (χ1v) is 9.13. The van der Waals surface area contributed by atoms with Crippen LogP contribution in [0.1, 0.15) is 12.5 Å². The SMILES string of the molecule is CCOc1cccc(/C=N/NS(=O)(=O)c2cc(OC)ccc2OC)c1O. The van der Waals surface area contributed by atoms with Gasteiger partial charge in [0, 0.05) is 11.6 Å². The number of rotatable bonds is 8. The number of hydrogen-bond donors (Lipinski definition) is 2. The number of ether oxygens (including phenoxy) is 3. The van der Waals surface area contributed by atoms with Gasteiger partial charge in [0.15, 0.2) is 11.5 Å². The average molecular weight is 380 g/mol. The van der Waals surface area contributed by atoms with Crippen molar-refractivity contribution in [3.05, 3.63) is 42.0 Å². The van der Waals surface area contributed by atoms with Crippen LogP contribution in [0.2, 0.25) is 0 Å². The molecule has 9 heteroatoms. The normalized spacial score (nSPS) is 11.3. The van der Waals surface area contributed by atoms with Gasteiger partial charge in [0.05, 0.1) is 27.0 Å². The molecule has 0 fully saturated rings. The van der Waals surface area contributed by atoms with Gasteiger partial charge >= 0.3 is 0 Å². The van der Waals surface area contributed by atoms with Crippen molar-refractivity contribution in [2.24, 2.45) is 5.10 Å². The molecule has 2 aromatic rings. The van der Waals surface area contributed by atoms with Crippen LogP contribution < -0.4 is 19.0 Å². The van der Waals surface area contributed by atoms with E-state index >= 15 is 0 Å². The quantitative estimate of drug-likeness (QED) is 0.537. The van der Waals surface area contributed by atoms with Crippen LogP contribution in [0.5, 0.6) is 23.0 Å². The molecule has 0 aromatic heterocycles. The third-order valence-electron chi connectivity index (χ3n) is 3.37. The minimum absolute atomic E-state index is 0.121. The highest BCUT2D eigenvalue weighted by Gasteiger charge is 2.20. The Hall–Kier alpha value is -2.94. The Kier molecular flexibility index (Phi) is 6.29. The molecule has 26 heavy (non-hydrogen) atoms. The second-order valence-electron chi connectivity index (χ2n) is 5.00. The summed E-state index contributed by atoms with van der Waals surface area (Å²) in [5.74, 6) is 0.664. The van der Waals surface area contributed by atoms with Gasteiger partial charge in [-0.1, -0.05) is 6.07 Å². The largest absolute Gasteiger partial charge is 0.504 e. The molecule has 0 atom stereocenters. The van der Waals surface area contributed by atoms with Gasteiger partial charge in [-0.15, -0.1) is 0 Å². The summed E-state index contributed by atoms with van der Waals surface area (Å²) in [7, 11) is -1.21. The molecule has 0 aliphatic heterocycles. The van der Waals surface area contributed by atoms with E-state index in [0.29, 0.717) is 17.9 Å². The molecule has 2 N–H and O–H groups in total. The van der Waals surface area contributed by atoms with Gasteiger partial charge in [-0.25, -0.2) is 0 Å². The monoisotopic (exact) mass is 380 g/mol. The number of hydrogen-bond acceptors (Lipinski definition) is 7. The fourth-order valence-corrected chi connectivity index (χ4v) is 3.10. The van der Waals surface area contributed by atoms with Gasteiger partial charge in [0.2, 0.25) is 0 Å². The van der Waals surface area contributed by atoms with E-state index in [1.54, 1.807) is 31.2 Å². The maximum absolute atomic E-state index is 12.5. The summed E-state index contributed by atoms with van der Waals surface area (Å²) < 4.78 is 40.3. The molecular formula is C17H20N2O6S. The lowest BCUT2D eigenvalue weighted by molar-refractivity contribution is 0.318. The van der Waals surface area contributed by atoms with Crippen LogP contribution >= 0.6 is 0 Å². The highest BCUT2D eigenvalue weighted by molar-refractivity contribution is 7.89. The number of methoxy groups -OCH3 is 2. The lowest BCUT2D eigenvalue weighted by atomic mass is 10.2. The summed E-state index contributed by atoms with van der Waals surface area (Å²) in [5, 5.41) is 13.8. The zero-order chi connectivity index (χ0) is 19.2. The molecule has 0 unspecified atom stereocenters. The second-order valence-corrected chi connectivity index (χ2v) is 6.63. The Morgan fingerprint density at radius 1 is 1.15 bits per heavy atom. The van der Waals surface area contributed by atoms with E-state index in [0.717, 1.165) is 0 Å². The van der Waals surface area contributed by atoms with Crippen molar-refractivity contribution in [1.29, 1.82) is 0 Å². The lowest BCUT2D eigenvalue weighted by Crippen LogP contribution is -2.19. The van der Waals surface area contributed by atoms with Gasteiger partial charge in [-0.05, 0) is 31.2 Å². The topological polar surface area (TPSA) is 106 Å². The maximum atomic E-state index is 12.5. The molecule has 0 radical (unpaired) electrons. The van der Waals surface area contributed by atoms with Gasteiger partial charge in [-0.3, -0.25) is 0 Å². The van der Waals surface area contributed by atoms with Crippen LogP contribution in [0.25, 0.3) is 0 Å². The first-order valence-electron chi connectivity index (χ1n) is 7.64. The van der Waals surface area contributed by atoms with Crippen LogP contribution in [-0.2, 0) is 10.0 Å². The zero-order valence-corrected chi connectivity index (χ0v) is 15.4. The Morgan fingerprint density at radius 3 is 2.58 bits per heavy atom. The van der Waals surface area contributed by atoms with Crippen LogP contribution in [0.4, 0.5) is 0 Å². The van der Waals surface area contributed by atoms with Crippen molar-refractivity contribution in [1.82, 2.24) is 4.83 Å². The molecule has 0 saturated carbocycles. The Bertz CT molecular complexity index is 896. The number of phenolic OH excluding ortho intramolecular Hbond substituents is 1. The van der Waals surface area contributed by atoms with Crippen molar-refractivity contribution in [2.75, 3.05) is 20.8 Å². The number of phenols is 1. The van der Waals surface area contributed by atoms with Crippen molar-refractivity contribution >= 4 is 16.2 Å². The third kappa shape index (κ3) is 4.37. The van der Waals surface area contributed by atoms with Crippen LogP contribution in [0, 0.1) is 0 Å². The van der Waals surface area contributed by atoms with Gasteiger partial charge in [0.1, 0.15) is 16.4 Å². The molecule has 140 valence electrons. The van der Waals surface area contributed by atoms with Crippen molar-refractivity contribution < 1.29 is 27.7 Å². The summed E-state index contributed by atoms with van der Waals surface area (Å²) >= 11 is 0. The molecule has 8 nitrogen and oxygen atoms in total. The number of hydrazone groups is 1. The fraction of sp³-hybridized carbons (Fsp3) is 0.235. The highest BCUT2D eigenvalue weighted by atomic mass is 32.2. The lowest BCUT2D eigenvalue weighted by Gasteiger charge is -2.10. The number of sulfonamides is 1. The van der Waals surface area contributed by atoms with Gasteiger partial charge in [0.25, 0.3) is 10.0 Å². The van der Waals surface area contributed by atoms with Crippen molar-refractivity contribution in [3.63, 3.8) is 0 Å². The molecule has 0 spiro atoms. The average Bonchev–Trinajstić information content (AvgIpc) is 2.64. The van der Waals surface area contributed by atoms with E-state index < -0.39 is 10.0 Å². The van der Waals surface area contributed by atoms with E-state index in [1.807, 2.05) is 0 Å². The Morgan fingerprint density at radius 2 is 1.92 bits per heavy atom. The Labute approximate surface area is 152 Å². The maximum Gasteiger partial charge on any atom is 0.280 e.